The summed E-state index contributed by atoms with van der Waals surface area (Å²) in [5.74, 6) is 1.42. The number of carbonyl (C=O) groups excluding carboxylic acids is 1. The molecule has 0 aliphatic carbocycles. The molecule has 1 amide bonds. The van der Waals surface area contributed by atoms with Crippen molar-refractivity contribution in [2.24, 2.45) is 5.10 Å². The van der Waals surface area contributed by atoms with Crippen LogP contribution < -0.4 is 19.6 Å². The number of halogens is 1. The third-order valence-electron chi connectivity index (χ3n) is 4.28. The van der Waals surface area contributed by atoms with Gasteiger partial charge in [-0.2, -0.15) is 5.10 Å². The second-order valence-corrected chi connectivity index (χ2v) is 6.92. The molecule has 3 aromatic carbocycles. The fraction of sp³-hybridized carbons (Fsp3) is 0.167. The number of ether oxygens (including phenoxy) is 3. The number of amides is 1. The highest BCUT2D eigenvalue weighted by atomic mass is 35.5. The molecule has 31 heavy (non-hydrogen) atoms. The molecule has 0 unspecified atom stereocenters. The predicted molar refractivity (Wildman–Crippen MR) is 121 cm³/mol. The lowest BCUT2D eigenvalue weighted by Gasteiger charge is -2.10. The van der Waals surface area contributed by atoms with E-state index >= 15 is 0 Å². The molecule has 0 bridgehead atoms. The van der Waals surface area contributed by atoms with Gasteiger partial charge in [0, 0.05) is 10.6 Å². The SMILES string of the molecule is CCOc1cc(C(=O)N/N=C/c2cccc(OCc3ccc(Cl)cc3)c2)ccc1OC. The molecule has 0 aliphatic heterocycles. The van der Waals surface area contributed by atoms with Crippen LogP contribution in [0, 0.1) is 0 Å². The van der Waals surface area contributed by atoms with Crippen LogP contribution in [0.15, 0.2) is 71.8 Å². The summed E-state index contributed by atoms with van der Waals surface area (Å²) in [6.45, 7) is 2.76. The zero-order valence-electron chi connectivity index (χ0n) is 17.3. The summed E-state index contributed by atoms with van der Waals surface area (Å²) in [5, 5.41) is 4.73. The van der Waals surface area contributed by atoms with E-state index in [-0.39, 0.29) is 5.91 Å². The third-order valence-corrected chi connectivity index (χ3v) is 4.53. The highest BCUT2D eigenvalue weighted by Crippen LogP contribution is 2.28. The molecular weight excluding hydrogens is 416 g/mol. The van der Waals surface area contributed by atoms with E-state index in [0.29, 0.717) is 41.0 Å². The van der Waals surface area contributed by atoms with Crippen molar-refractivity contribution in [3.05, 3.63) is 88.4 Å². The van der Waals surface area contributed by atoms with Crippen LogP contribution in [0.25, 0.3) is 0 Å². The Hall–Kier alpha value is -3.51. The molecule has 0 heterocycles. The number of hydrazone groups is 1. The van der Waals surface area contributed by atoms with Gasteiger partial charge < -0.3 is 14.2 Å². The molecule has 6 nitrogen and oxygen atoms in total. The maximum atomic E-state index is 12.4. The first kappa shape index (κ1) is 22.2. The molecule has 0 spiro atoms. The van der Waals surface area contributed by atoms with Gasteiger partial charge in [-0.3, -0.25) is 4.79 Å². The van der Waals surface area contributed by atoms with Gasteiger partial charge in [-0.05, 0) is 60.5 Å². The van der Waals surface area contributed by atoms with Crippen molar-refractivity contribution >= 4 is 23.7 Å². The van der Waals surface area contributed by atoms with Gasteiger partial charge in [-0.1, -0.05) is 35.9 Å². The van der Waals surface area contributed by atoms with E-state index in [4.69, 9.17) is 25.8 Å². The predicted octanol–water partition coefficient (Wildman–Crippen LogP) is 5.09. The largest absolute Gasteiger partial charge is 0.493 e. The van der Waals surface area contributed by atoms with E-state index in [2.05, 4.69) is 10.5 Å². The highest BCUT2D eigenvalue weighted by Gasteiger charge is 2.10. The van der Waals surface area contributed by atoms with Crippen LogP contribution in [0.3, 0.4) is 0 Å². The number of rotatable bonds is 9. The van der Waals surface area contributed by atoms with Crippen molar-refractivity contribution < 1.29 is 19.0 Å². The molecule has 0 atom stereocenters. The van der Waals surface area contributed by atoms with Crippen LogP contribution in [0.1, 0.15) is 28.4 Å². The smallest absolute Gasteiger partial charge is 0.271 e. The van der Waals surface area contributed by atoms with Gasteiger partial charge in [-0.25, -0.2) is 5.43 Å². The van der Waals surface area contributed by atoms with Crippen LogP contribution in [-0.4, -0.2) is 25.8 Å². The van der Waals surface area contributed by atoms with Crippen LogP contribution in [-0.2, 0) is 6.61 Å². The Morgan fingerprint density at radius 2 is 1.84 bits per heavy atom. The minimum absolute atomic E-state index is 0.352. The number of nitrogens with one attached hydrogen (secondary N) is 1. The van der Waals surface area contributed by atoms with Crippen LogP contribution >= 0.6 is 11.6 Å². The lowest BCUT2D eigenvalue weighted by Crippen LogP contribution is -2.17. The molecule has 3 rings (SSSR count). The van der Waals surface area contributed by atoms with E-state index in [1.165, 1.54) is 0 Å². The molecule has 1 N–H and O–H groups in total. The van der Waals surface area contributed by atoms with Gasteiger partial charge in [0.1, 0.15) is 12.4 Å². The summed E-state index contributed by atoms with van der Waals surface area (Å²) in [4.78, 5) is 12.4. The molecule has 0 aromatic heterocycles. The average Bonchev–Trinajstić information content (AvgIpc) is 2.79. The topological polar surface area (TPSA) is 69.2 Å². The zero-order chi connectivity index (χ0) is 22.1. The van der Waals surface area contributed by atoms with Crippen molar-refractivity contribution in [2.45, 2.75) is 13.5 Å². The first-order valence-electron chi connectivity index (χ1n) is 9.70. The summed E-state index contributed by atoms with van der Waals surface area (Å²) in [5.41, 5.74) is 4.74. The van der Waals surface area contributed by atoms with E-state index in [1.807, 2.05) is 55.5 Å². The molecule has 0 fully saturated rings. The molecule has 0 radical (unpaired) electrons. The van der Waals surface area contributed by atoms with Crippen molar-refractivity contribution in [2.75, 3.05) is 13.7 Å². The van der Waals surface area contributed by atoms with Gasteiger partial charge in [0.15, 0.2) is 11.5 Å². The van der Waals surface area contributed by atoms with E-state index in [0.717, 1.165) is 11.1 Å². The summed E-state index contributed by atoms with van der Waals surface area (Å²) < 4.78 is 16.5. The summed E-state index contributed by atoms with van der Waals surface area (Å²) in [6, 6.07) is 19.9. The van der Waals surface area contributed by atoms with Crippen LogP contribution in [0.5, 0.6) is 17.2 Å². The molecule has 160 valence electrons. The second-order valence-electron chi connectivity index (χ2n) is 6.49. The summed E-state index contributed by atoms with van der Waals surface area (Å²) in [7, 11) is 1.55. The van der Waals surface area contributed by atoms with Gasteiger partial charge in [-0.15, -0.1) is 0 Å². The van der Waals surface area contributed by atoms with Gasteiger partial charge in [0.05, 0.1) is 19.9 Å². The Balaban J connectivity index is 1.59. The summed E-state index contributed by atoms with van der Waals surface area (Å²) >= 11 is 5.90. The first-order chi connectivity index (χ1) is 15.1. The Morgan fingerprint density at radius 3 is 2.58 bits per heavy atom. The number of hydrogen-bond donors (Lipinski definition) is 1. The minimum Gasteiger partial charge on any atom is -0.493 e. The van der Waals surface area contributed by atoms with Gasteiger partial charge in [0.25, 0.3) is 5.91 Å². The molecule has 3 aromatic rings. The number of carbonyl (C=O) groups is 1. The zero-order valence-corrected chi connectivity index (χ0v) is 18.1. The third kappa shape index (κ3) is 6.49. The standard InChI is InChI=1S/C24H23ClN2O4/c1-3-30-23-14-19(9-12-22(23)29-2)24(28)27-26-15-18-5-4-6-21(13-18)31-16-17-7-10-20(25)11-8-17/h4-15H,3,16H2,1-2H3,(H,27,28)/b26-15+. The normalized spacial score (nSPS) is 10.7. The number of hydrogen-bond acceptors (Lipinski definition) is 5. The molecule has 0 saturated heterocycles. The second kappa shape index (κ2) is 11.0. The van der Waals surface area contributed by atoms with Crippen molar-refractivity contribution in [1.82, 2.24) is 5.43 Å². The maximum absolute atomic E-state index is 12.4. The number of nitrogens with zero attached hydrogens (tertiary/aromatic N) is 1. The Labute approximate surface area is 186 Å². The monoisotopic (exact) mass is 438 g/mol. The van der Waals surface area contributed by atoms with Crippen molar-refractivity contribution in [3.8, 4) is 17.2 Å². The van der Waals surface area contributed by atoms with E-state index < -0.39 is 0 Å². The number of benzene rings is 3. The van der Waals surface area contributed by atoms with Gasteiger partial charge in [0.2, 0.25) is 0 Å². The average molecular weight is 439 g/mol. The highest BCUT2D eigenvalue weighted by molar-refractivity contribution is 6.30. The Kier molecular flexibility index (Phi) is 7.90. The van der Waals surface area contributed by atoms with E-state index in [1.54, 1.807) is 31.5 Å². The fourth-order valence-electron chi connectivity index (χ4n) is 2.75. The minimum atomic E-state index is -0.352. The van der Waals surface area contributed by atoms with Crippen LogP contribution in [0.2, 0.25) is 5.02 Å². The lowest BCUT2D eigenvalue weighted by molar-refractivity contribution is 0.0954. The van der Waals surface area contributed by atoms with Crippen LogP contribution in [0.4, 0.5) is 0 Å². The maximum Gasteiger partial charge on any atom is 0.271 e. The van der Waals surface area contributed by atoms with Crippen molar-refractivity contribution in [3.63, 3.8) is 0 Å². The first-order valence-corrected chi connectivity index (χ1v) is 10.1. The molecule has 0 aliphatic rings. The lowest BCUT2D eigenvalue weighted by atomic mass is 10.2. The molecule has 0 saturated carbocycles. The quantitative estimate of drug-likeness (QED) is 0.373. The molecule has 7 heteroatoms. The molecular formula is C24H23ClN2O4. The Morgan fingerprint density at radius 1 is 1.03 bits per heavy atom. The van der Waals surface area contributed by atoms with Gasteiger partial charge >= 0.3 is 0 Å². The summed E-state index contributed by atoms with van der Waals surface area (Å²) in [6.07, 6.45) is 1.56. The van der Waals surface area contributed by atoms with E-state index in [9.17, 15) is 4.79 Å². The fourth-order valence-corrected chi connectivity index (χ4v) is 2.87. The Bertz CT molecular complexity index is 1050. The van der Waals surface area contributed by atoms with Crippen molar-refractivity contribution in [1.29, 1.82) is 0 Å². The number of methoxy groups -OCH3 is 1.